The van der Waals surface area contributed by atoms with Gasteiger partial charge in [0.1, 0.15) is 0 Å². The molecule has 0 saturated carbocycles. The average molecular weight is 465 g/mol. The minimum absolute atomic E-state index is 0.109. The van der Waals surface area contributed by atoms with Crippen LogP contribution in [-0.4, -0.2) is 53.9 Å². The first-order valence-corrected chi connectivity index (χ1v) is 12.4. The van der Waals surface area contributed by atoms with E-state index in [0.29, 0.717) is 42.3 Å². The van der Waals surface area contributed by atoms with E-state index in [0.717, 1.165) is 43.6 Å². The van der Waals surface area contributed by atoms with E-state index in [1.54, 1.807) is 0 Å². The molecule has 2 unspecified atom stereocenters. The van der Waals surface area contributed by atoms with Crippen molar-refractivity contribution in [2.75, 3.05) is 32.8 Å². The Hall–Kier alpha value is -2.90. The number of hydrogen-bond acceptors (Lipinski definition) is 7. The fourth-order valence-electron chi connectivity index (χ4n) is 4.88. The lowest BCUT2D eigenvalue weighted by Gasteiger charge is -2.27. The molecule has 0 fully saturated rings. The lowest BCUT2D eigenvalue weighted by Crippen LogP contribution is -2.40. The van der Waals surface area contributed by atoms with Gasteiger partial charge in [0.2, 0.25) is 5.82 Å². The van der Waals surface area contributed by atoms with Gasteiger partial charge >= 0.3 is 0 Å². The Bertz CT molecular complexity index is 1090. The number of nitrogens with zero attached hydrogens (tertiary/aromatic N) is 3. The molecule has 0 amide bonds. The zero-order valence-corrected chi connectivity index (χ0v) is 20.7. The van der Waals surface area contributed by atoms with Crippen molar-refractivity contribution in [3.8, 4) is 34.3 Å². The highest BCUT2D eigenvalue weighted by atomic mass is 16.5. The van der Waals surface area contributed by atoms with E-state index in [1.165, 1.54) is 11.1 Å². The molecule has 0 spiro atoms. The number of aromatic nitrogens is 2. The molecule has 4 rings (SSSR count). The van der Waals surface area contributed by atoms with E-state index >= 15 is 0 Å². The van der Waals surface area contributed by atoms with Crippen LogP contribution < -0.4 is 15.2 Å². The van der Waals surface area contributed by atoms with Crippen molar-refractivity contribution in [1.82, 2.24) is 15.0 Å². The molecule has 0 aliphatic heterocycles. The molecule has 34 heavy (non-hydrogen) atoms. The summed E-state index contributed by atoms with van der Waals surface area (Å²) in [5, 5.41) is 4.32. The van der Waals surface area contributed by atoms with E-state index in [1.807, 2.05) is 32.0 Å². The summed E-state index contributed by atoms with van der Waals surface area (Å²) in [6.07, 6.45) is 2.03. The maximum absolute atomic E-state index is 6.67. The quantitative estimate of drug-likeness (QED) is 0.432. The van der Waals surface area contributed by atoms with Crippen molar-refractivity contribution in [2.45, 2.75) is 52.5 Å². The van der Waals surface area contributed by atoms with E-state index in [4.69, 9.17) is 24.7 Å². The van der Waals surface area contributed by atoms with Gasteiger partial charge < -0.3 is 24.6 Å². The fourth-order valence-corrected chi connectivity index (χ4v) is 4.88. The SMILES string of the molecule is CCOc1ccc(-c2nc(-c3cccc4c3CCC4C(N)CN(CC)CC)no2)cc1OCC. The summed E-state index contributed by atoms with van der Waals surface area (Å²) in [7, 11) is 0. The molecule has 7 nitrogen and oxygen atoms in total. The molecule has 1 aliphatic carbocycles. The predicted octanol–water partition coefficient (Wildman–Crippen LogP) is 4.90. The molecule has 0 bridgehead atoms. The van der Waals surface area contributed by atoms with Crippen LogP contribution in [0.3, 0.4) is 0 Å². The van der Waals surface area contributed by atoms with Crippen molar-refractivity contribution in [3.63, 3.8) is 0 Å². The maximum atomic E-state index is 6.67. The predicted molar refractivity (Wildman–Crippen MR) is 134 cm³/mol. The van der Waals surface area contributed by atoms with Gasteiger partial charge in [-0.2, -0.15) is 4.98 Å². The average Bonchev–Trinajstić information content (AvgIpc) is 3.51. The van der Waals surface area contributed by atoms with Gasteiger partial charge in [-0.15, -0.1) is 0 Å². The van der Waals surface area contributed by atoms with Gasteiger partial charge in [0.25, 0.3) is 5.89 Å². The highest BCUT2D eigenvalue weighted by Crippen LogP contribution is 2.40. The van der Waals surface area contributed by atoms with E-state index in [9.17, 15) is 0 Å². The third-order valence-corrected chi connectivity index (χ3v) is 6.65. The van der Waals surface area contributed by atoms with Crippen molar-refractivity contribution in [2.24, 2.45) is 5.73 Å². The van der Waals surface area contributed by atoms with Gasteiger partial charge in [-0.1, -0.05) is 37.2 Å². The third kappa shape index (κ3) is 4.95. The zero-order valence-electron chi connectivity index (χ0n) is 20.7. The molecule has 3 aromatic rings. The number of rotatable bonds is 11. The second-order valence-corrected chi connectivity index (χ2v) is 8.62. The Labute approximate surface area is 202 Å². The summed E-state index contributed by atoms with van der Waals surface area (Å²) in [4.78, 5) is 7.13. The summed E-state index contributed by atoms with van der Waals surface area (Å²) in [5.41, 5.74) is 11.1. The second-order valence-electron chi connectivity index (χ2n) is 8.62. The molecule has 2 N–H and O–H groups in total. The lowest BCUT2D eigenvalue weighted by atomic mass is 9.92. The van der Waals surface area contributed by atoms with Crippen LogP contribution in [0.2, 0.25) is 0 Å². The Morgan fingerprint density at radius 2 is 1.82 bits per heavy atom. The second kappa shape index (κ2) is 11.0. The monoisotopic (exact) mass is 464 g/mol. The van der Waals surface area contributed by atoms with Crippen LogP contribution in [0.1, 0.15) is 51.2 Å². The van der Waals surface area contributed by atoms with Gasteiger partial charge in [0.05, 0.1) is 13.2 Å². The molecular weight excluding hydrogens is 428 g/mol. The molecule has 0 saturated heterocycles. The first-order chi connectivity index (χ1) is 16.6. The number of benzene rings is 2. The standard InChI is InChI=1S/C27H36N4O3/c1-5-31(6-2)17-23(28)21-14-13-20-19(21)10-9-11-22(20)26-29-27(34-30-26)18-12-15-24(32-7-3)25(16-18)33-8-4/h9-12,15-16,21,23H,5-8,13-14,17,28H2,1-4H3. The first-order valence-electron chi connectivity index (χ1n) is 12.4. The number of hydrogen-bond donors (Lipinski definition) is 1. The van der Waals surface area contributed by atoms with Crippen molar-refractivity contribution in [1.29, 1.82) is 0 Å². The van der Waals surface area contributed by atoms with Gasteiger partial charge in [-0.25, -0.2) is 0 Å². The van der Waals surface area contributed by atoms with Crippen LogP contribution in [0, 0.1) is 0 Å². The first kappa shape index (κ1) is 24.2. The summed E-state index contributed by atoms with van der Waals surface area (Å²) < 4.78 is 17.1. The summed E-state index contributed by atoms with van der Waals surface area (Å²) in [6, 6.07) is 12.2. The minimum Gasteiger partial charge on any atom is -0.490 e. The number of nitrogens with two attached hydrogens (primary N) is 1. The van der Waals surface area contributed by atoms with Crippen LogP contribution in [0.25, 0.3) is 22.8 Å². The highest BCUT2D eigenvalue weighted by Gasteiger charge is 2.31. The summed E-state index contributed by atoms with van der Waals surface area (Å²) in [5.74, 6) is 2.80. The zero-order chi connectivity index (χ0) is 24.1. The molecule has 1 aliphatic rings. The normalized spacial score (nSPS) is 16.0. The van der Waals surface area contributed by atoms with Crippen molar-refractivity contribution in [3.05, 3.63) is 47.5 Å². The molecule has 7 heteroatoms. The van der Waals surface area contributed by atoms with Gasteiger partial charge in [0.15, 0.2) is 11.5 Å². The highest BCUT2D eigenvalue weighted by molar-refractivity contribution is 5.67. The Morgan fingerprint density at radius 1 is 1.06 bits per heavy atom. The Kier molecular flexibility index (Phi) is 7.85. The van der Waals surface area contributed by atoms with Gasteiger partial charge in [-0.05, 0) is 69.1 Å². The summed E-state index contributed by atoms with van der Waals surface area (Å²) >= 11 is 0. The summed E-state index contributed by atoms with van der Waals surface area (Å²) in [6.45, 7) is 12.3. The van der Waals surface area contributed by atoms with Gasteiger partial charge in [-0.3, -0.25) is 0 Å². The van der Waals surface area contributed by atoms with E-state index in [-0.39, 0.29) is 6.04 Å². The minimum atomic E-state index is 0.109. The van der Waals surface area contributed by atoms with Crippen molar-refractivity contribution >= 4 is 0 Å². The molecule has 182 valence electrons. The van der Waals surface area contributed by atoms with Crippen LogP contribution in [0.15, 0.2) is 40.9 Å². The Balaban J connectivity index is 1.60. The molecule has 0 radical (unpaired) electrons. The molecule has 1 aromatic heterocycles. The van der Waals surface area contributed by atoms with Crippen LogP contribution in [-0.2, 0) is 6.42 Å². The van der Waals surface area contributed by atoms with Crippen LogP contribution in [0.5, 0.6) is 11.5 Å². The van der Waals surface area contributed by atoms with Gasteiger partial charge in [0, 0.05) is 29.6 Å². The molecule has 1 heterocycles. The number of ether oxygens (including phenoxy) is 2. The van der Waals surface area contributed by atoms with E-state index < -0.39 is 0 Å². The largest absolute Gasteiger partial charge is 0.490 e. The molecular formula is C27H36N4O3. The number of fused-ring (bicyclic) bond motifs is 1. The maximum Gasteiger partial charge on any atom is 0.258 e. The molecule has 2 atom stereocenters. The topological polar surface area (TPSA) is 86.6 Å². The van der Waals surface area contributed by atoms with E-state index in [2.05, 4.69) is 42.1 Å². The fraction of sp³-hybridized carbons (Fsp3) is 0.481. The smallest absolute Gasteiger partial charge is 0.258 e. The lowest BCUT2D eigenvalue weighted by molar-refractivity contribution is 0.268. The van der Waals surface area contributed by atoms with Crippen LogP contribution >= 0.6 is 0 Å². The number of likely N-dealkylation sites (N-methyl/N-ethyl adjacent to an activating group) is 1. The Morgan fingerprint density at radius 3 is 2.56 bits per heavy atom. The molecule has 2 aromatic carbocycles. The van der Waals surface area contributed by atoms with Crippen LogP contribution in [0.4, 0.5) is 0 Å². The van der Waals surface area contributed by atoms with Crippen molar-refractivity contribution < 1.29 is 14.0 Å². The third-order valence-electron chi connectivity index (χ3n) is 6.65.